The monoisotopic (exact) mass is 276 g/mol. The molecule has 1 aliphatic carbocycles. The van der Waals surface area contributed by atoms with E-state index < -0.39 is 0 Å². The molecule has 1 saturated carbocycles. The Kier molecular flexibility index (Phi) is 3.83. The molecule has 1 aromatic heterocycles. The van der Waals surface area contributed by atoms with Gasteiger partial charge in [0, 0.05) is 26.1 Å². The molecule has 110 valence electrons. The Morgan fingerprint density at radius 1 is 1.35 bits per heavy atom. The van der Waals surface area contributed by atoms with Crippen molar-refractivity contribution in [3.63, 3.8) is 0 Å². The summed E-state index contributed by atoms with van der Waals surface area (Å²) < 4.78 is 5.67. The standard InChI is InChI=1S/C16H24N2O2/c1-2-13-6-7-14(20-13)15(19)18-11-10-17-12-16(18)8-4-3-5-9-16/h6-7,17H,2-5,8-12H2,1H3. The van der Waals surface area contributed by atoms with Crippen LogP contribution in [-0.4, -0.2) is 36.0 Å². The highest BCUT2D eigenvalue weighted by atomic mass is 16.4. The van der Waals surface area contributed by atoms with Crippen LogP contribution in [0.3, 0.4) is 0 Å². The van der Waals surface area contributed by atoms with Gasteiger partial charge in [0.15, 0.2) is 5.76 Å². The lowest BCUT2D eigenvalue weighted by atomic mass is 9.79. The first-order chi connectivity index (χ1) is 9.75. The van der Waals surface area contributed by atoms with Crippen LogP contribution in [0.5, 0.6) is 0 Å². The number of amides is 1. The van der Waals surface area contributed by atoms with Crippen LogP contribution in [0.25, 0.3) is 0 Å². The molecular formula is C16H24N2O2. The average Bonchev–Trinajstić information content (AvgIpc) is 2.97. The molecule has 2 aliphatic rings. The van der Waals surface area contributed by atoms with Gasteiger partial charge in [0.05, 0.1) is 5.54 Å². The Balaban J connectivity index is 1.83. The number of carbonyl (C=O) groups is 1. The molecule has 0 aromatic carbocycles. The van der Waals surface area contributed by atoms with Gasteiger partial charge < -0.3 is 14.6 Å². The van der Waals surface area contributed by atoms with Crippen LogP contribution < -0.4 is 5.32 Å². The van der Waals surface area contributed by atoms with Crippen molar-refractivity contribution in [1.82, 2.24) is 10.2 Å². The van der Waals surface area contributed by atoms with E-state index >= 15 is 0 Å². The summed E-state index contributed by atoms with van der Waals surface area (Å²) in [6.07, 6.45) is 6.82. The maximum Gasteiger partial charge on any atom is 0.290 e. The van der Waals surface area contributed by atoms with Crippen molar-refractivity contribution >= 4 is 5.91 Å². The van der Waals surface area contributed by atoms with Gasteiger partial charge in [-0.15, -0.1) is 0 Å². The highest BCUT2D eigenvalue weighted by Crippen LogP contribution is 2.35. The fraction of sp³-hybridized carbons (Fsp3) is 0.688. The minimum Gasteiger partial charge on any atom is -0.456 e. The third kappa shape index (κ3) is 2.37. The van der Waals surface area contributed by atoms with Crippen molar-refractivity contribution in [2.45, 2.75) is 51.0 Å². The predicted molar refractivity (Wildman–Crippen MR) is 77.8 cm³/mol. The first-order valence-corrected chi connectivity index (χ1v) is 7.86. The van der Waals surface area contributed by atoms with Crippen LogP contribution in [0.2, 0.25) is 0 Å². The van der Waals surface area contributed by atoms with Crippen LogP contribution in [0.15, 0.2) is 16.5 Å². The molecule has 1 aromatic rings. The summed E-state index contributed by atoms with van der Waals surface area (Å²) in [7, 11) is 0. The number of nitrogens with zero attached hydrogens (tertiary/aromatic N) is 1. The minimum atomic E-state index is 0.0206. The van der Waals surface area contributed by atoms with Crippen LogP contribution in [-0.2, 0) is 6.42 Å². The first kappa shape index (κ1) is 13.7. The summed E-state index contributed by atoms with van der Waals surface area (Å²) in [5, 5.41) is 3.47. The number of rotatable bonds is 2. The van der Waals surface area contributed by atoms with E-state index in [1.807, 2.05) is 19.1 Å². The maximum atomic E-state index is 12.8. The van der Waals surface area contributed by atoms with Gasteiger partial charge in [-0.25, -0.2) is 0 Å². The SMILES string of the molecule is CCc1ccc(C(=O)N2CCNCC23CCCCC3)o1. The van der Waals surface area contributed by atoms with Gasteiger partial charge in [0.2, 0.25) is 0 Å². The number of hydrogen-bond donors (Lipinski definition) is 1. The summed E-state index contributed by atoms with van der Waals surface area (Å²) in [6.45, 7) is 4.65. The van der Waals surface area contributed by atoms with Crippen molar-refractivity contribution in [1.29, 1.82) is 0 Å². The van der Waals surface area contributed by atoms with E-state index in [0.717, 1.165) is 44.7 Å². The smallest absolute Gasteiger partial charge is 0.290 e. The van der Waals surface area contributed by atoms with E-state index in [1.165, 1.54) is 19.3 Å². The molecule has 4 nitrogen and oxygen atoms in total. The van der Waals surface area contributed by atoms with Crippen molar-refractivity contribution in [3.8, 4) is 0 Å². The van der Waals surface area contributed by atoms with Gasteiger partial charge in [0.1, 0.15) is 5.76 Å². The number of furan rings is 1. The number of piperazine rings is 1. The molecule has 0 bridgehead atoms. The zero-order valence-electron chi connectivity index (χ0n) is 12.3. The molecular weight excluding hydrogens is 252 g/mol. The number of carbonyl (C=O) groups excluding carboxylic acids is 1. The van der Waals surface area contributed by atoms with E-state index in [9.17, 15) is 4.79 Å². The summed E-state index contributed by atoms with van der Waals surface area (Å²) in [5.41, 5.74) is 0.0206. The molecule has 1 aliphatic heterocycles. The quantitative estimate of drug-likeness (QED) is 0.903. The third-order valence-corrected chi connectivity index (χ3v) is 4.79. The first-order valence-electron chi connectivity index (χ1n) is 7.86. The summed E-state index contributed by atoms with van der Waals surface area (Å²) in [6, 6.07) is 3.75. The van der Waals surface area contributed by atoms with Crippen LogP contribution in [0.1, 0.15) is 55.3 Å². The van der Waals surface area contributed by atoms with Crippen LogP contribution in [0.4, 0.5) is 0 Å². The molecule has 3 rings (SSSR count). The fourth-order valence-corrected chi connectivity index (χ4v) is 3.63. The number of nitrogens with one attached hydrogen (secondary N) is 1. The second kappa shape index (κ2) is 5.60. The Morgan fingerprint density at radius 3 is 2.85 bits per heavy atom. The van der Waals surface area contributed by atoms with Gasteiger partial charge in [-0.1, -0.05) is 26.2 Å². The van der Waals surface area contributed by atoms with Crippen molar-refractivity contribution in [2.24, 2.45) is 0 Å². The van der Waals surface area contributed by atoms with Gasteiger partial charge in [0.25, 0.3) is 5.91 Å². The molecule has 1 amide bonds. The fourth-order valence-electron chi connectivity index (χ4n) is 3.63. The third-order valence-electron chi connectivity index (χ3n) is 4.79. The Labute approximate surface area is 120 Å². The Morgan fingerprint density at radius 2 is 2.15 bits per heavy atom. The molecule has 4 heteroatoms. The molecule has 1 saturated heterocycles. The highest BCUT2D eigenvalue weighted by molar-refractivity contribution is 5.92. The van der Waals surface area contributed by atoms with Crippen molar-refractivity contribution in [3.05, 3.63) is 23.7 Å². The number of aryl methyl sites for hydroxylation is 1. The summed E-state index contributed by atoms with van der Waals surface area (Å²) in [5.74, 6) is 1.47. The normalized spacial score (nSPS) is 22.1. The lowest BCUT2D eigenvalue weighted by molar-refractivity contribution is 0.0195. The average molecular weight is 276 g/mol. The molecule has 1 spiro atoms. The molecule has 2 heterocycles. The largest absolute Gasteiger partial charge is 0.456 e. The second-order valence-corrected chi connectivity index (χ2v) is 6.04. The lowest BCUT2D eigenvalue weighted by Gasteiger charge is -2.49. The van der Waals surface area contributed by atoms with Crippen LogP contribution in [0, 0.1) is 0 Å². The molecule has 2 fully saturated rings. The topological polar surface area (TPSA) is 45.5 Å². The number of hydrogen-bond acceptors (Lipinski definition) is 3. The van der Waals surface area contributed by atoms with E-state index in [-0.39, 0.29) is 11.4 Å². The van der Waals surface area contributed by atoms with E-state index in [4.69, 9.17) is 4.42 Å². The van der Waals surface area contributed by atoms with Crippen molar-refractivity contribution in [2.75, 3.05) is 19.6 Å². The molecule has 20 heavy (non-hydrogen) atoms. The van der Waals surface area contributed by atoms with Crippen molar-refractivity contribution < 1.29 is 9.21 Å². The lowest BCUT2D eigenvalue weighted by Crippen LogP contribution is -2.63. The summed E-state index contributed by atoms with van der Waals surface area (Å²) >= 11 is 0. The molecule has 0 unspecified atom stereocenters. The second-order valence-electron chi connectivity index (χ2n) is 6.04. The maximum absolute atomic E-state index is 12.8. The van der Waals surface area contributed by atoms with Gasteiger partial charge in [-0.2, -0.15) is 0 Å². The molecule has 0 radical (unpaired) electrons. The van der Waals surface area contributed by atoms with Gasteiger partial charge in [-0.05, 0) is 25.0 Å². The van der Waals surface area contributed by atoms with Gasteiger partial charge >= 0.3 is 0 Å². The van der Waals surface area contributed by atoms with E-state index in [2.05, 4.69) is 10.2 Å². The van der Waals surface area contributed by atoms with Crippen LogP contribution >= 0.6 is 0 Å². The summed E-state index contributed by atoms with van der Waals surface area (Å²) in [4.78, 5) is 14.9. The van der Waals surface area contributed by atoms with E-state index in [0.29, 0.717) is 5.76 Å². The highest BCUT2D eigenvalue weighted by Gasteiger charge is 2.43. The zero-order chi connectivity index (χ0) is 14.0. The Hall–Kier alpha value is -1.29. The minimum absolute atomic E-state index is 0.0206. The Bertz CT molecular complexity index is 466. The van der Waals surface area contributed by atoms with E-state index in [1.54, 1.807) is 0 Å². The zero-order valence-corrected chi connectivity index (χ0v) is 12.3. The molecule has 0 atom stereocenters. The molecule has 1 N–H and O–H groups in total. The van der Waals surface area contributed by atoms with Gasteiger partial charge in [-0.3, -0.25) is 4.79 Å². The predicted octanol–water partition coefficient (Wildman–Crippen LogP) is 2.59.